The van der Waals surface area contributed by atoms with Crippen LogP contribution in [0.5, 0.6) is 0 Å². The van der Waals surface area contributed by atoms with Crippen LogP contribution >= 0.6 is 0 Å². The monoisotopic (exact) mass is 280 g/mol. The Morgan fingerprint density at radius 3 is 2.57 bits per heavy atom. The number of nitrogens with zero attached hydrogens (tertiary/aromatic N) is 3. The van der Waals surface area contributed by atoms with Gasteiger partial charge in [0.15, 0.2) is 5.82 Å². The van der Waals surface area contributed by atoms with Gasteiger partial charge in [-0.1, -0.05) is 30.3 Å². The van der Waals surface area contributed by atoms with Gasteiger partial charge < -0.3 is 9.88 Å². The number of fused-ring (bicyclic) bond motifs is 1. The third kappa shape index (κ3) is 2.27. The van der Waals surface area contributed by atoms with Crippen LogP contribution in [-0.2, 0) is 7.05 Å². The van der Waals surface area contributed by atoms with E-state index in [9.17, 15) is 0 Å². The van der Waals surface area contributed by atoms with Gasteiger partial charge in [-0.25, -0.2) is 0 Å². The molecule has 0 aliphatic rings. The summed E-state index contributed by atoms with van der Waals surface area (Å²) in [5, 5.41) is 13.1. The van der Waals surface area contributed by atoms with Crippen molar-refractivity contribution in [3.8, 4) is 0 Å². The van der Waals surface area contributed by atoms with Gasteiger partial charge >= 0.3 is 0 Å². The summed E-state index contributed by atoms with van der Waals surface area (Å²) in [5.74, 6) is 0.836. The smallest absolute Gasteiger partial charge is 0.173 e. The largest absolute Gasteiger partial charge is 0.360 e. The maximum atomic E-state index is 4.31. The van der Waals surface area contributed by atoms with Crippen LogP contribution in [0.2, 0.25) is 0 Å². The predicted molar refractivity (Wildman–Crippen MR) is 86.5 cm³/mol. The third-order valence-electron chi connectivity index (χ3n) is 4.26. The number of anilines is 1. The molecule has 4 heteroatoms. The highest BCUT2D eigenvalue weighted by Crippen LogP contribution is 2.29. The van der Waals surface area contributed by atoms with Gasteiger partial charge in [0.1, 0.15) is 0 Å². The van der Waals surface area contributed by atoms with Gasteiger partial charge in [0.05, 0.1) is 17.8 Å². The van der Waals surface area contributed by atoms with E-state index < -0.39 is 0 Å². The van der Waals surface area contributed by atoms with E-state index in [4.69, 9.17) is 0 Å². The molecule has 3 rings (SSSR count). The Morgan fingerprint density at radius 2 is 1.86 bits per heavy atom. The molecule has 108 valence electrons. The zero-order chi connectivity index (χ0) is 15.0. The van der Waals surface area contributed by atoms with E-state index in [2.05, 4.69) is 72.2 Å². The maximum Gasteiger partial charge on any atom is 0.173 e. The van der Waals surface area contributed by atoms with Crippen LogP contribution < -0.4 is 5.32 Å². The molecule has 2 heterocycles. The zero-order valence-corrected chi connectivity index (χ0v) is 12.9. The number of nitrogens with one attached hydrogen (secondary N) is 1. The highest BCUT2D eigenvalue weighted by molar-refractivity contribution is 5.92. The molecule has 1 atom stereocenters. The van der Waals surface area contributed by atoms with E-state index in [0.717, 1.165) is 16.7 Å². The van der Waals surface area contributed by atoms with Crippen LogP contribution in [0.1, 0.15) is 29.8 Å². The molecule has 0 aliphatic carbocycles. The SMILES string of the molecule is Cc1c(C)n(C)c2c(NC(C)c3ccccc3)nncc12. The minimum Gasteiger partial charge on any atom is -0.360 e. The minimum atomic E-state index is 0.182. The van der Waals surface area contributed by atoms with Crippen molar-refractivity contribution in [1.82, 2.24) is 14.8 Å². The molecule has 0 amide bonds. The molecule has 0 radical (unpaired) electrons. The van der Waals surface area contributed by atoms with Crippen molar-refractivity contribution < 1.29 is 0 Å². The van der Waals surface area contributed by atoms with Crippen LogP contribution in [0.3, 0.4) is 0 Å². The molecule has 1 aromatic carbocycles. The van der Waals surface area contributed by atoms with Crippen LogP contribution in [0.4, 0.5) is 5.82 Å². The second-order valence-electron chi connectivity index (χ2n) is 5.50. The summed E-state index contributed by atoms with van der Waals surface area (Å²) < 4.78 is 2.18. The average molecular weight is 280 g/mol. The number of hydrogen-bond donors (Lipinski definition) is 1. The van der Waals surface area contributed by atoms with Crippen LogP contribution in [0.15, 0.2) is 36.5 Å². The predicted octanol–water partition coefficient (Wildman–Crippen LogP) is 3.76. The van der Waals surface area contributed by atoms with Gasteiger partial charge in [0, 0.05) is 18.1 Å². The number of aromatic nitrogens is 3. The Balaban J connectivity index is 2.04. The Hall–Kier alpha value is -2.36. The van der Waals surface area contributed by atoms with Crippen LogP contribution in [-0.4, -0.2) is 14.8 Å². The van der Waals surface area contributed by atoms with Crippen molar-refractivity contribution in [3.05, 3.63) is 53.3 Å². The lowest BCUT2D eigenvalue weighted by Gasteiger charge is -2.15. The van der Waals surface area contributed by atoms with E-state index in [1.54, 1.807) is 0 Å². The first-order valence-corrected chi connectivity index (χ1v) is 7.18. The molecule has 0 saturated heterocycles. The molecule has 3 aromatic rings. The quantitative estimate of drug-likeness (QED) is 0.794. The number of hydrogen-bond acceptors (Lipinski definition) is 3. The van der Waals surface area contributed by atoms with Gasteiger partial charge in [0.2, 0.25) is 0 Å². The summed E-state index contributed by atoms with van der Waals surface area (Å²) in [6.07, 6.45) is 1.84. The van der Waals surface area contributed by atoms with Crippen molar-refractivity contribution in [2.24, 2.45) is 7.05 Å². The van der Waals surface area contributed by atoms with E-state index in [-0.39, 0.29) is 6.04 Å². The molecule has 4 nitrogen and oxygen atoms in total. The van der Waals surface area contributed by atoms with Crippen molar-refractivity contribution in [2.45, 2.75) is 26.8 Å². The molecule has 0 aliphatic heterocycles. The molecule has 0 saturated carbocycles. The Morgan fingerprint density at radius 1 is 1.14 bits per heavy atom. The Bertz CT molecular complexity index is 774. The zero-order valence-electron chi connectivity index (χ0n) is 12.9. The summed E-state index contributed by atoms with van der Waals surface area (Å²) in [7, 11) is 2.07. The summed E-state index contributed by atoms with van der Waals surface area (Å²) >= 11 is 0. The fraction of sp³-hybridized carbons (Fsp3) is 0.294. The average Bonchev–Trinajstić information content (AvgIpc) is 2.74. The van der Waals surface area contributed by atoms with E-state index in [1.807, 2.05) is 12.3 Å². The second-order valence-corrected chi connectivity index (χ2v) is 5.50. The van der Waals surface area contributed by atoms with Gasteiger partial charge in [-0.3, -0.25) is 0 Å². The van der Waals surface area contributed by atoms with Gasteiger partial charge in [-0.2, -0.15) is 5.10 Å². The van der Waals surface area contributed by atoms with Gasteiger partial charge in [-0.15, -0.1) is 5.10 Å². The molecule has 0 spiro atoms. The lowest BCUT2D eigenvalue weighted by atomic mass is 10.1. The highest BCUT2D eigenvalue weighted by atomic mass is 15.2. The Labute approximate surface area is 124 Å². The molecular formula is C17H20N4. The fourth-order valence-electron chi connectivity index (χ4n) is 2.74. The number of rotatable bonds is 3. The molecule has 1 N–H and O–H groups in total. The number of benzene rings is 1. The number of aryl methyl sites for hydroxylation is 2. The molecule has 0 bridgehead atoms. The highest BCUT2D eigenvalue weighted by Gasteiger charge is 2.15. The summed E-state index contributed by atoms with van der Waals surface area (Å²) in [4.78, 5) is 0. The topological polar surface area (TPSA) is 42.7 Å². The standard InChI is InChI=1S/C17H20N4/c1-11-13(3)21(4)16-15(11)10-18-20-17(16)19-12(2)14-8-6-5-7-9-14/h5-10,12H,1-4H3,(H,19,20). The van der Waals surface area contributed by atoms with Crippen molar-refractivity contribution in [1.29, 1.82) is 0 Å². The third-order valence-corrected chi connectivity index (χ3v) is 4.26. The van der Waals surface area contributed by atoms with E-state index >= 15 is 0 Å². The lowest BCUT2D eigenvalue weighted by molar-refractivity contribution is 0.853. The summed E-state index contributed by atoms with van der Waals surface area (Å²) in [6, 6.07) is 10.6. The molecular weight excluding hydrogens is 260 g/mol. The van der Waals surface area contributed by atoms with Crippen LogP contribution in [0.25, 0.3) is 10.9 Å². The molecule has 1 unspecified atom stereocenters. The molecule has 2 aromatic heterocycles. The van der Waals surface area contributed by atoms with Crippen molar-refractivity contribution >= 4 is 16.7 Å². The Kier molecular flexibility index (Phi) is 3.37. The first-order chi connectivity index (χ1) is 10.1. The normalized spacial score (nSPS) is 12.6. The molecule has 21 heavy (non-hydrogen) atoms. The maximum absolute atomic E-state index is 4.31. The van der Waals surface area contributed by atoms with E-state index in [1.165, 1.54) is 16.8 Å². The second kappa shape index (κ2) is 5.20. The summed E-state index contributed by atoms with van der Waals surface area (Å²) in [5.41, 5.74) is 4.86. The van der Waals surface area contributed by atoms with Crippen LogP contribution in [0, 0.1) is 13.8 Å². The lowest BCUT2D eigenvalue weighted by Crippen LogP contribution is -2.09. The van der Waals surface area contributed by atoms with Crippen molar-refractivity contribution in [2.75, 3.05) is 5.32 Å². The first-order valence-electron chi connectivity index (χ1n) is 7.18. The fourth-order valence-corrected chi connectivity index (χ4v) is 2.74. The van der Waals surface area contributed by atoms with E-state index in [0.29, 0.717) is 0 Å². The van der Waals surface area contributed by atoms with Gasteiger partial charge in [0.25, 0.3) is 0 Å². The van der Waals surface area contributed by atoms with Gasteiger partial charge in [-0.05, 0) is 31.9 Å². The summed E-state index contributed by atoms with van der Waals surface area (Å²) in [6.45, 7) is 6.39. The first kappa shape index (κ1) is 13.6. The molecule has 0 fully saturated rings. The van der Waals surface area contributed by atoms with Crippen molar-refractivity contribution in [3.63, 3.8) is 0 Å². The minimum absolute atomic E-state index is 0.182.